The first-order valence-electron chi connectivity index (χ1n) is 4.56. The summed E-state index contributed by atoms with van der Waals surface area (Å²) in [6.07, 6.45) is -1.29. The molecule has 0 aliphatic heterocycles. The van der Waals surface area contributed by atoms with Crippen LogP contribution in [-0.4, -0.2) is 22.4 Å². The normalized spacial score (nSPS) is 12.9. The summed E-state index contributed by atoms with van der Waals surface area (Å²) in [5, 5.41) is 3.58. The van der Waals surface area contributed by atoms with Gasteiger partial charge < -0.3 is 4.74 Å². The van der Waals surface area contributed by atoms with Crippen LogP contribution in [0.5, 0.6) is 0 Å². The van der Waals surface area contributed by atoms with Crippen LogP contribution in [0.3, 0.4) is 0 Å². The second kappa shape index (κ2) is 4.86. The van der Waals surface area contributed by atoms with Crippen molar-refractivity contribution >= 4 is 5.97 Å². The maximum absolute atomic E-state index is 12.2. The Balaban J connectivity index is 2.73. The number of rotatable bonds is 4. The number of ether oxygens (including phenoxy) is 1. The van der Waals surface area contributed by atoms with Crippen LogP contribution >= 0.6 is 0 Å². The fourth-order valence-corrected chi connectivity index (χ4v) is 1.06. The molecular weight excluding hydrogens is 206 g/mol. The van der Waals surface area contributed by atoms with Crippen molar-refractivity contribution in [1.82, 2.24) is 9.78 Å². The number of hydrogen-bond donors (Lipinski definition) is 0. The lowest BCUT2D eigenvalue weighted by atomic mass is 10.3. The zero-order valence-electron chi connectivity index (χ0n) is 8.48. The molecule has 6 heteroatoms. The molecule has 0 N–H and O–H groups in total. The highest BCUT2D eigenvalue weighted by atomic mass is 19.3. The van der Waals surface area contributed by atoms with Gasteiger partial charge in [-0.05, 0) is 19.9 Å². The van der Waals surface area contributed by atoms with E-state index in [2.05, 4.69) is 5.10 Å². The molecule has 1 rings (SSSR count). The number of carbonyl (C=O) groups is 1. The van der Waals surface area contributed by atoms with Gasteiger partial charge in [0.1, 0.15) is 11.7 Å². The topological polar surface area (TPSA) is 44.1 Å². The van der Waals surface area contributed by atoms with Crippen LogP contribution in [0.25, 0.3) is 0 Å². The van der Waals surface area contributed by atoms with Crippen molar-refractivity contribution in [2.24, 2.45) is 0 Å². The molecule has 0 bridgehead atoms. The summed E-state index contributed by atoms with van der Waals surface area (Å²) in [6, 6.07) is 0.498. The van der Waals surface area contributed by atoms with Gasteiger partial charge in [-0.2, -0.15) is 5.10 Å². The number of hydrogen-bond acceptors (Lipinski definition) is 3. The SMILES string of the molecule is CCOC(=O)[C@@H](C)n1ccc(C(F)F)n1. The Morgan fingerprint density at radius 2 is 2.33 bits per heavy atom. The van der Waals surface area contributed by atoms with Crippen LogP contribution in [0.2, 0.25) is 0 Å². The third-order valence-electron chi connectivity index (χ3n) is 1.88. The average molecular weight is 218 g/mol. The fourth-order valence-electron chi connectivity index (χ4n) is 1.06. The van der Waals surface area contributed by atoms with Gasteiger partial charge in [0, 0.05) is 6.20 Å². The van der Waals surface area contributed by atoms with Crippen molar-refractivity contribution in [3.8, 4) is 0 Å². The molecule has 0 spiro atoms. The number of carbonyl (C=O) groups excluding carboxylic acids is 1. The van der Waals surface area contributed by atoms with Gasteiger partial charge in [0.15, 0.2) is 0 Å². The Morgan fingerprint density at radius 3 is 2.80 bits per heavy atom. The van der Waals surface area contributed by atoms with Crippen LogP contribution in [-0.2, 0) is 9.53 Å². The number of aromatic nitrogens is 2. The van der Waals surface area contributed by atoms with Crippen molar-refractivity contribution in [3.63, 3.8) is 0 Å². The molecule has 15 heavy (non-hydrogen) atoms. The minimum absolute atomic E-state index is 0.256. The number of nitrogens with zero attached hydrogens (tertiary/aromatic N) is 2. The summed E-state index contributed by atoms with van der Waals surface area (Å²) < 4.78 is 30.3. The van der Waals surface area contributed by atoms with Crippen LogP contribution in [0, 0.1) is 0 Å². The Kier molecular flexibility index (Phi) is 3.76. The maximum atomic E-state index is 12.2. The zero-order chi connectivity index (χ0) is 11.4. The van der Waals surface area contributed by atoms with Crippen molar-refractivity contribution in [2.45, 2.75) is 26.3 Å². The molecule has 1 aromatic heterocycles. The molecule has 0 aliphatic rings. The largest absolute Gasteiger partial charge is 0.464 e. The predicted octanol–water partition coefficient (Wildman–Crippen LogP) is 1.94. The smallest absolute Gasteiger partial charge is 0.330 e. The highest BCUT2D eigenvalue weighted by Gasteiger charge is 2.19. The minimum Gasteiger partial charge on any atom is -0.464 e. The van der Waals surface area contributed by atoms with E-state index in [4.69, 9.17) is 4.74 Å². The molecule has 84 valence electrons. The van der Waals surface area contributed by atoms with Crippen molar-refractivity contribution in [2.75, 3.05) is 6.61 Å². The van der Waals surface area contributed by atoms with Crippen LogP contribution in [0.4, 0.5) is 8.78 Å². The van der Waals surface area contributed by atoms with E-state index in [0.29, 0.717) is 0 Å². The molecule has 4 nitrogen and oxygen atoms in total. The van der Waals surface area contributed by atoms with Crippen LogP contribution in [0.15, 0.2) is 12.3 Å². The zero-order valence-corrected chi connectivity index (χ0v) is 8.48. The monoisotopic (exact) mass is 218 g/mol. The Labute approximate surface area is 85.8 Å². The molecule has 0 amide bonds. The molecule has 1 atom stereocenters. The standard InChI is InChI=1S/C9H12F2N2O2/c1-3-15-9(14)6(2)13-5-4-7(12-13)8(10)11/h4-6,8H,3H2,1-2H3/t6-/m1/s1. The van der Waals surface area contributed by atoms with Gasteiger partial charge in [0.2, 0.25) is 0 Å². The summed E-state index contributed by atoms with van der Waals surface area (Å²) >= 11 is 0. The summed E-state index contributed by atoms with van der Waals surface area (Å²) in [5.41, 5.74) is -0.342. The second-order valence-corrected chi connectivity index (χ2v) is 2.95. The molecule has 0 saturated carbocycles. The van der Waals surface area contributed by atoms with E-state index in [1.54, 1.807) is 13.8 Å². The second-order valence-electron chi connectivity index (χ2n) is 2.95. The highest BCUT2D eigenvalue weighted by molar-refractivity contribution is 5.73. The van der Waals surface area contributed by atoms with Crippen molar-refractivity contribution in [1.29, 1.82) is 0 Å². The van der Waals surface area contributed by atoms with E-state index in [9.17, 15) is 13.6 Å². The van der Waals surface area contributed by atoms with Gasteiger partial charge in [-0.3, -0.25) is 4.68 Å². The maximum Gasteiger partial charge on any atom is 0.330 e. The molecule has 1 aromatic rings. The lowest BCUT2D eigenvalue weighted by Crippen LogP contribution is -2.19. The number of alkyl halides is 2. The van der Waals surface area contributed by atoms with E-state index in [-0.39, 0.29) is 12.3 Å². The van der Waals surface area contributed by atoms with E-state index in [1.807, 2.05) is 0 Å². The average Bonchev–Trinajstić information content (AvgIpc) is 2.65. The van der Waals surface area contributed by atoms with Gasteiger partial charge in [-0.25, -0.2) is 13.6 Å². The van der Waals surface area contributed by atoms with E-state index in [1.165, 1.54) is 16.9 Å². The molecule has 0 unspecified atom stereocenters. The molecule has 0 aliphatic carbocycles. The Morgan fingerprint density at radius 1 is 1.67 bits per heavy atom. The van der Waals surface area contributed by atoms with Gasteiger partial charge >= 0.3 is 5.97 Å². The quantitative estimate of drug-likeness (QED) is 0.725. The molecular formula is C9H12F2N2O2. The van der Waals surface area contributed by atoms with Crippen molar-refractivity contribution < 1.29 is 18.3 Å². The Hall–Kier alpha value is -1.46. The summed E-state index contributed by atoms with van der Waals surface area (Å²) in [5.74, 6) is -0.485. The minimum atomic E-state index is -2.62. The van der Waals surface area contributed by atoms with Crippen LogP contribution in [0.1, 0.15) is 32.0 Å². The Bertz CT molecular complexity index is 339. The third-order valence-corrected chi connectivity index (χ3v) is 1.88. The summed E-state index contributed by atoms with van der Waals surface area (Å²) in [6.45, 7) is 3.48. The van der Waals surface area contributed by atoms with E-state index >= 15 is 0 Å². The van der Waals surface area contributed by atoms with Gasteiger partial charge in [-0.1, -0.05) is 0 Å². The first kappa shape index (κ1) is 11.6. The molecule has 1 heterocycles. The third kappa shape index (κ3) is 2.74. The van der Waals surface area contributed by atoms with E-state index < -0.39 is 18.4 Å². The highest BCUT2D eigenvalue weighted by Crippen LogP contribution is 2.17. The lowest BCUT2D eigenvalue weighted by molar-refractivity contribution is -0.146. The first-order valence-corrected chi connectivity index (χ1v) is 4.56. The lowest BCUT2D eigenvalue weighted by Gasteiger charge is -2.10. The van der Waals surface area contributed by atoms with Crippen molar-refractivity contribution in [3.05, 3.63) is 18.0 Å². The first-order chi connectivity index (χ1) is 7.06. The predicted molar refractivity (Wildman–Crippen MR) is 48.5 cm³/mol. The summed E-state index contributed by atoms with van der Waals surface area (Å²) in [7, 11) is 0. The molecule has 0 saturated heterocycles. The van der Waals surface area contributed by atoms with Gasteiger partial charge in [0.05, 0.1) is 6.61 Å². The summed E-state index contributed by atoms with van der Waals surface area (Å²) in [4.78, 5) is 11.3. The van der Waals surface area contributed by atoms with Gasteiger partial charge in [-0.15, -0.1) is 0 Å². The van der Waals surface area contributed by atoms with Crippen LogP contribution < -0.4 is 0 Å². The fraction of sp³-hybridized carbons (Fsp3) is 0.556. The number of esters is 1. The van der Waals surface area contributed by atoms with E-state index in [0.717, 1.165) is 0 Å². The molecule has 0 radical (unpaired) electrons. The van der Waals surface area contributed by atoms with Gasteiger partial charge in [0.25, 0.3) is 6.43 Å². The molecule has 0 aromatic carbocycles. The molecule has 0 fully saturated rings. The number of halogens is 2.